The summed E-state index contributed by atoms with van der Waals surface area (Å²) < 4.78 is 9.42. The maximum Gasteiger partial charge on any atom is 0.378 e. The highest BCUT2D eigenvalue weighted by Crippen LogP contribution is 2.29. The van der Waals surface area contributed by atoms with E-state index in [2.05, 4.69) is 11.7 Å². The summed E-state index contributed by atoms with van der Waals surface area (Å²) in [5.74, 6) is -6.76. The van der Waals surface area contributed by atoms with Gasteiger partial charge in [0.05, 0.1) is 0 Å². The topological polar surface area (TPSA) is 134 Å². The first-order valence-electron chi connectivity index (χ1n) is 12.2. The van der Waals surface area contributed by atoms with E-state index in [1.165, 1.54) is 70.6 Å². The molecule has 0 unspecified atom stereocenters. The van der Waals surface area contributed by atoms with E-state index in [-0.39, 0.29) is 6.42 Å². The molecule has 32 heavy (non-hydrogen) atoms. The number of esters is 2. The van der Waals surface area contributed by atoms with Crippen LogP contribution in [0.2, 0.25) is 0 Å². The summed E-state index contributed by atoms with van der Waals surface area (Å²) in [6.45, 7) is 1.14. The average Bonchev–Trinajstić information content (AvgIpc) is 3.04. The number of carbonyl (C=O) groups excluding carboxylic acids is 2. The van der Waals surface area contributed by atoms with E-state index in [4.69, 9.17) is 4.74 Å². The molecule has 0 bridgehead atoms. The normalized spacial score (nSPS) is 18.0. The van der Waals surface area contributed by atoms with Crippen LogP contribution in [0.15, 0.2) is 11.5 Å². The van der Waals surface area contributed by atoms with Crippen LogP contribution in [0.5, 0.6) is 0 Å². The van der Waals surface area contributed by atoms with Crippen molar-refractivity contribution in [3.05, 3.63) is 11.5 Å². The van der Waals surface area contributed by atoms with Gasteiger partial charge in [0.25, 0.3) is 5.79 Å². The molecule has 0 aromatic heterocycles. The fourth-order valence-corrected chi connectivity index (χ4v) is 3.81. The van der Waals surface area contributed by atoms with Crippen molar-refractivity contribution >= 4 is 11.9 Å². The van der Waals surface area contributed by atoms with E-state index in [1.807, 2.05) is 0 Å². The van der Waals surface area contributed by atoms with Crippen LogP contribution < -0.4 is 0 Å². The van der Waals surface area contributed by atoms with Crippen LogP contribution in [0.1, 0.15) is 110 Å². The molecule has 0 fully saturated rings. The van der Waals surface area contributed by atoms with Crippen molar-refractivity contribution < 1.29 is 39.5 Å². The zero-order valence-corrected chi connectivity index (χ0v) is 19.5. The zero-order valence-electron chi connectivity index (χ0n) is 19.5. The highest BCUT2D eigenvalue weighted by Gasteiger charge is 2.51. The summed E-state index contributed by atoms with van der Waals surface area (Å²) in [5.41, 5.74) is 0. The Kier molecular flexibility index (Phi) is 14.0. The van der Waals surface area contributed by atoms with Crippen LogP contribution in [-0.4, -0.2) is 50.9 Å². The molecule has 0 saturated carbocycles. The lowest BCUT2D eigenvalue weighted by molar-refractivity contribution is -0.259. The third kappa shape index (κ3) is 10.2. The van der Waals surface area contributed by atoms with E-state index in [0.717, 1.165) is 19.3 Å². The van der Waals surface area contributed by atoms with Crippen LogP contribution in [0.25, 0.3) is 0 Å². The highest BCUT2D eigenvalue weighted by molar-refractivity contribution is 5.89. The van der Waals surface area contributed by atoms with Gasteiger partial charge in [-0.2, -0.15) is 0 Å². The molecule has 8 heteroatoms. The zero-order chi connectivity index (χ0) is 23.8. The maximum absolute atomic E-state index is 12.0. The Bertz CT molecular complexity index is 589. The largest absolute Gasteiger partial charge is 0.505 e. The van der Waals surface area contributed by atoms with E-state index in [1.54, 1.807) is 0 Å². The van der Waals surface area contributed by atoms with Crippen molar-refractivity contribution in [1.29, 1.82) is 0 Å². The number of unbranched alkanes of at least 4 members (excludes halogenated alkanes) is 14. The molecule has 0 aromatic rings. The lowest BCUT2D eigenvalue weighted by Crippen LogP contribution is -2.50. The molecule has 2 atom stereocenters. The molecule has 4 N–H and O–H groups in total. The lowest BCUT2D eigenvalue weighted by atomic mass is 10.0. The van der Waals surface area contributed by atoms with Gasteiger partial charge in [-0.1, -0.05) is 96.8 Å². The Morgan fingerprint density at radius 2 is 1.31 bits per heavy atom. The minimum Gasteiger partial charge on any atom is -0.505 e. The molecule has 1 aliphatic heterocycles. The third-order valence-corrected chi connectivity index (χ3v) is 5.82. The fraction of sp³-hybridized carbons (Fsp3) is 0.833. The number of hydrogen-bond acceptors (Lipinski definition) is 8. The van der Waals surface area contributed by atoms with Crippen molar-refractivity contribution in [2.45, 2.75) is 122 Å². The summed E-state index contributed by atoms with van der Waals surface area (Å²) in [6.07, 6.45) is 16.2. The van der Waals surface area contributed by atoms with Crippen LogP contribution in [-0.2, 0) is 19.1 Å². The van der Waals surface area contributed by atoms with Crippen molar-refractivity contribution in [2.75, 3.05) is 6.61 Å². The quantitative estimate of drug-likeness (QED) is 0.124. The van der Waals surface area contributed by atoms with Crippen molar-refractivity contribution in [1.82, 2.24) is 0 Å². The molecule has 1 heterocycles. The first-order chi connectivity index (χ1) is 15.4. The molecule has 8 nitrogen and oxygen atoms in total. The summed E-state index contributed by atoms with van der Waals surface area (Å²) in [6, 6.07) is 0. The summed E-state index contributed by atoms with van der Waals surface area (Å²) in [5, 5.41) is 38.6. The molecule has 0 amide bonds. The van der Waals surface area contributed by atoms with Gasteiger partial charge in [0.1, 0.15) is 6.61 Å². The Labute approximate surface area is 191 Å². The summed E-state index contributed by atoms with van der Waals surface area (Å²) >= 11 is 0. The number of aliphatic hydroxyl groups excluding tert-OH is 3. The summed E-state index contributed by atoms with van der Waals surface area (Å²) in [7, 11) is 0. The average molecular weight is 459 g/mol. The second-order valence-electron chi connectivity index (χ2n) is 8.70. The number of hydrogen-bond donors (Lipinski definition) is 4. The van der Waals surface area contributed by atoms with E-state index in [9.17, 15) is 30.0 Å². The molecule has 0 spiro atoms. The Morgan fingerprint density at radius 3 is 1.69 bits per heavy atom. The molecule has 1 rings (SSSR count). The van der Waals surface area contributed by atoms with Gasteiger partial charge < -0.3 is 29.9 Å². The predicted molar refractivity (Wildman–Crippen MR) is 120 cm³/mol. The van der Waals surface area contributed by atoms with E-state index >= 15 is 0 Å². The van der Waals surface area contributed by atoms with Crippen LogP contribution in [0.4, 0.5) is 0 Å². The Balaban J connectivity index is 2.04. The third-order valence-electron chi connectivity index (χ3n) is 5.82. The summed E-state index contributed by atoms with van der Waals surface area (Å²) in [4.78, 5) is 23.2. The van der Waals surface area contributed by atoms with Gasteiger partial charge in [-0.05, 0) is 6.42 Å². The number of aliphatic hydroxyl groups is 4. The van der Waals surface area contributed by atoms with Gasteiger partial charge in [-0.15, -0.1) is 0 Å². The maximum atomic E-state index is 12.0. The van der Waals surface area contributed by atoms with Gasteiger partial charge >= 0.3 is 11.9 Å². The van der Waals surface area contributed by atoms with E-state index in [0.29, 0.717) is 6.42 Å². The minimum absolute atomic E-state index is 0.0255. The first-order valence-corrected chi connectivity index (χ1v) is 12.2. The molecular weight excluding hydrogens is 416 g/mol. The SMILES string of the molecule is CCCCCCCCCCCCCCCCCC(=O)O[C@](O)(CO)[C@H]1OC(=O)C(O)=C1O. The second-order valence-corrected chi connectivity index (χ2v) is 8.70. The molecule has 186 valence electrons. The lowest BCUT2D eigenvalue weighted by Gasteiger charge is -2.29. The number of ether oxygens (including phenoxy) is 2. The first kappa shape index (κ1) is 28.2. The molecule has 1 aliphatic rings. The van der Waals surface area contributed by atoms with Crippen molar-refractivity contribution in [2.24, 2.45) is 0 Å². The van der Waals surface area contributed by atoms with Crippen LogP contribution in [0.3, 0.4) is 0 Å². The molecule has 0 radical (unpaired) electrons. The Morgan fingerprint density at radius 1 is 0.875 bits per heavy atom. The molecule has 0 aromatic carbocycles. The van der Waals surface area contributed by atoms with Crippen molar-refractivity contribution in [3.8, 4) is 0 Å². The van der Waals surface area contributed by atoms with Gasteiger partial charge in [0.15, 0.2) is 5.76 Å². The van der Waals surface area contributed by atoms with Crippen LogP contribution in [0, 0.1) is 0 Å². The number of rotatable bonds is 19. The predicted octanol–water partition coefficient (Wildman–Crippen LogP) is 4.73. The van der Waals surface area contributed by atoms with Crippen molar-refractivity contribution in [3.63, 3.8) is 0 Å². The van der Waals surface area contributed by atoms with E-state index < -0.39 is 42.0 Å². The minimum atomic E-state index is -2.64. The van der Waals surface area contributed by atoms with Gasteiger partial charge in [0, 0.05) is 6.42 Å². The van der Waals surface area contributed by atoms with Crippen LogP contribution >= 0.6 is 0 Å². The standard InChI is InChI=1S/C24H42O8/c1-2-3-4-5-6-7-8-9-10-11-12-13-14-15-16-17-19(26)32-24(30,18-25)22-20(27)21(28)23(29)31-22/h22,25,27-28,30H,2-18H2,1H3/t22-,24+/m0/s1. The van der Waals surface area contributed by atoms with Gasteiger partial charge in [-0.25, -0.2) is 4.79 Å². The number of carbonyl (C=O) groups is 2. The second kappa shape index (κ2) is 15.9. The highest BCUT2D eigenvalue weighted by atomic mass is 16.7. The fourth-order valence-electron chi connectivity index (χ4n) is 3.81. The smallest absolute Gasteiger partial charge is 0.378 e. The Hall–Kier alpha value is -1.80. The molecular formula is C24H42O8. The number of cyclic esters (lactones) is 1. The monoisotopic (exact) mass is 458 g/mol. The van der Waals surface area contributed by atoms with Gasteiger partial charge in [-0.3, -0.25) is 4.79 Å². The molecule has 0 saturated heterocycles. The molecule has 0 aliphatic carbocycles. The van der Waals surface area contributed by atoms with Gasteiger partial charge in [0.2, 0.25) is 11.9 Å².